The van der Waals surface area contributed by atoms with E-state index in [0.717, 1.165) is 12.1 Å². The highest BCUT2D eigenvalue weighted by Gasteiger charge is 2.18. The molecule has 0 spiro atoms. The Kier molecular flexibility index (Phi) is 6.96. The van der Waals surface area contributed by atoms with Crippen LogP contribution in [0.1, 0.15) is 0 Å². The van der Waals surface area contributed by atoms with Crippen LogP contribution in [0.3, 0.4) is 0 Å². The summed E-state index contributed by atoms with van der Waals surface area (Å²) in [6.45, 7) is 0.662. The average molecular weight is 303 g/mol. The van der Waals surface area contributed by atoms with E-state index in [1.54, 1.807) is 7.05 Å². The van der Waals surface area contributed by atoms with E-state index in [1.807, 2.05) is 0 Å². The number of benzene rings is 1. The van der Waals surface area contributed by atoms with Gasteiger partial charge in [0.15, 0.2) is 0 Å². The van der Waals surface area contributed by atoms with Crippen molar-refractivity contribution in [3.63, 3.8) is 0 Å². The Morgan fingerprint density at radius 3 is 2.53 bits per heavy atom. The zero-order chi connectivity index (χ0) is 12.2. The van der Waals surface area contributed by atoms with Crippen LogP contribution in [0.2, 0.25) is 5.02 Å². The van der Waals surface area contributed by atoms with Crippen molar-refractivity contribution in [1.29, 1.82) is 0 Å². The van der Waals surface area contributed by atoms with Gasteiger partial charge in [-0.05, 0) is 25.2 Å². The lowest BCUT2D eigenvalue weighted by atomic mass is 10.3. The smallest absolute Gasteiger partial charge is 0.243 e. The monoisotopic (exact) mass is 302 g/mol. The minimum absolute atomic E-state index is 0. The van der Waals surface area contributed by atoms with Crippen LogP contribution < -0.4 is 10.0 Å². The number of rotatable bonds is 5. The highest BCUT2D eigenvalue weighted by atomic mass is 35.5. The highest BCUT2D eigenvalue weighted by molar-refractivity contribution is 7.89. The second-order valence-corrected chi connectivity index (χ2v) is 5.25. The first-order chi connectivity index (χ1) is 7.47. The van der Waals surface area contributed by atoms with Gasteiger partial charge in [0.25, 0.3) is 0 Å². The summed E-state index contributed by atoms with van der Waals surface area (Å²) in [5.41, 5.74) is 0. The Morgan fingerprint density at radius 1 is 1.35 bits per heavy atom. The molecule has 0 saturated carbocycles. The minimum atomic E-state index is -3.80. The summed E-state index contributed by atoms with van der Waals surface area (Å²) in [5.74, 6) is -0.857. The van der Waals surface area contributed by atoms with Gasteiger partial charge in [-0.3, -0.25) is 0 Å². The fraction of sp³-hybridized carbons (Fsp3) is 0.333. The Bertz CT molecular complexity index is 468. The summed E-state index contributed by atoms with van der Waals surface area (Å²) < 4.78 is 38.8. The van der Waals surface area contributed by atoms with Crippen molar-refractivity contribution in [3.8, 4) is 0 Å². The average Bonchev–Trinajstić information content (AvgIpc) is 2.17. The van der Waals surface area contributed by atoms with Crippen molar-refractivity contribution in [2.45, 2.75) is 4.90 Å². The van der Waals surface area contributed by atoms with Gasteiger partial charge in [-0.15, -0.1) is 12.4 Å². The van der Waals surface area contributed by atoms with E-state index in [-0.39, 0.29) is 24.0 Å². The molecule has 0 amide bonds. The lowest BCUT2D eigenvalue weighted by Crippen LogP contribution is -2.31. The summed E-state index contributed by atoms with van der Waals surface area (Å²) in [4.78, 5) is -0.395. The lowest BCUT2D eigenvalue weighted by Gasteiger charge is -2.07. The SMILES string of the molecule is CNCCNS(=O)(=O)c1ccc(Cl)cc1F.Cl. The van der Waals surface area contributed by atoms with Crippen LogP contribution in [0.15, 0.2) is 23.1 Å². The molecule has 0 aliphatic rings. The van der Waals surface area contributed by atoms with E-state index in [4.69, 9.17) is 11.6 Å². The van der Waals surface area contributed by atoms with E-state index < -0.39 is 20.7 Å². The molecule has 0 aromatic heterocycles. The molecule has 0 unspecified atom stereocenters. The predicted molar refractivity (Wildman–Crippen MR) is 67.8 cm³/mol. The number of sulfonamides is 1. The zero-order valence-electron chi connectivity index (χ0n) is 9.04. The fourth-order valence-corrected chi connectivity index (χ4v) is 2.33. The highest BCUT2D eigenvalue weighted by Crippen LogP contribution is 2.18. The quantitative estimate of drug-likeness (QED) is 0.808. The van der Waals surface area contributed by atoms with Crippen molar-refractivity contribution in [1.82, 2.24) is 10.0 Å². The Hall–Kier alpha value is -0.400. The molecule has 0 atom stereocenters. The summed E-state index contributed by atoms with van der Waals surface area (Å²) >= 11 is 5.53. The van der Waals surface area contributed by atoms with Gasteiger partial charge < -0.3 is 5.32 Å². The van der Waals surface area contributed by atoms with Crippen LogP contribution in [0.5, 0.6) is 0 Å². The van der Waals surface area contributed by atoms with Gasteiger partial charge in [0.2, 0.25) is 10.0 Å². The topological polar surface area (TPSA) is 58.2 Å². The molecule has 98 valence electrons. The number of hydrogen-bond acceptors (Lipinski definition) is 3. The lowest BCUT2D eigenvalue weighted by molar-refractivity contribution is 0.556. The van der Waals surface area contributed by atoms with E-state index in [0.29, 0.717) is 6.54 Å². The van der Waals surface area contributed by atoms with Gasteiger partial charge in [-0.25, -0.2) is 17.5 Å². The van der Waals surface area contributed by atoms with Crippen LogP contribution >= 0.6 is 24.0 Å². The molecule has 1 rings (SSSR count). The van der Waals surface area contributed by atoms with Crippen LogP contribution in [0.4, 0.5) is 4.39 Å². The maximum atomic E-state index is 13.3. The second-order valence-electron chi connectivity index (χ2n) is 3.08. The molecule has 0 heterocycles. The largest absolute Gasteiger partial charge is 0.318 e. The van der Waals surface area contributed by atoms with Gasteiger partial charge in [0.1, 0.15) is 10.7 Å². The van der Waals surface area contributed by atoms with E-state index in [9.17, 15) is 12.8 Å². The van der Waals surface area contributed by atoms with Crippen LogP contribution in [-0.4, -0.2) is 28.6 Å². The molecule has 0 radical (unpaired) electrons. The molecule has 17 heavy (non-hydrogen) atoms. The second kappa shape index (κ2) is 7.13. The Morgan fingerprint density at radius 2 is 2.00 bits per heavy atom. The minimum Gasteiger partial charge on any atom is -0.318 e. The van der Waals surface area contributed by atoms with Crippen LogP contribution in [0.25, 0.3) is 0 Å². The molecule has 8 heteroatoms. The third-order valence-corrected chi connectivity index (χ3v) is 3.58. The van der Waals surface area contributed by atoms with Gasteiger partial charge in [-0.2, -0.15) is 0 Å². The van der Waals surface area contributed by atoms with Crippen molar-refractivity contribution in [2.24, 2.45) is 0 Å². The van der Waals surface area contributed by atoms with Gasteiger partial charge in [0, 0.05) is 18.1 Å². The maximum absolute atomic E-state index is 13.3. The first-order valence-corrected chi connectivity index (χ1v) is 6.43. The molecule has 0 aliphatic carbocycles. The first kappa shape index (κ1) is 16.6. The van der Waals surface area contributed by atoms with Gasteiger partial charge >= 0.3 is 0 Å². The molecular formula is C9H13Cl2FN2O2S. The molecule has 1 aromatic rings. The molecule has 0 saturated heterocycles. The van der Waals surface area contributed by atoms with Crippen molar-refractivity contribution in [3.05, 3.63) is 29.0 Å². The summed E-state index contributed by atoms with van der Waals surface area (Å²) in [6, 6.07) is 3.44. The zero-order valence-corrected chi connectivity index (χ0v) is 11.4. The van der Waals surface area contributed by atoms with Gasteiger partial charge in [0.05, 0.1) is 0 Å². The number of nitrogens with one attached hydrogen (secondary N) is 2. The molecular weight excluding hydrogens is 290 g/mol. The molecule has 0 fully saturated rings. The summed E-state index contributed by atoms with van der Waals surface area (Å²) in [7, 11) is -2.11. The molecule has 2 N–H and O–H groups in total. The summed E-state index contributed by atoms with van der Waals surface area (Å²) in [6.07, 6.45) is 0. The van der Waals surface area contributed by atoms with Crippen LogP contribution in [-0.2, 0) is 10.0 Å². The van der Waals surface area contributed by atoms with Crippen molar-refractivity contribution >= 4 is 34.0 Å². The third kappa shape index (κ3) is 4.77. The first-order valence-electron chi connectivity index (χ1n) is 4.56. The Labute approximate surface area is 111 Å². The molecule has 0 aliphatic heterocycles. The van der Waals surface area contributed by atoms with Gasteiger partial charge in [-0.1, -0.05) is 11.6 Å². The summed E-state index contributed by atoms with van der Waals surface area (Å²) in [5, 5.41) is 2.93. The number of halogens is 3. The fourth-order valence-electron chi connectivity index (χ4n) is 1.08. The van der Waals surface area contributed by atoms with Crippen molar-refractivity contribution < 1.29 is 12.8 Å². The number of hydrogen-bond donors (Lipinski definition) is 2. The molecule has 4 nitrogen and oxygen atoms in total. The molecule has 0 bridgehead atoms. The van der Waals surface area contributed by atoms with E-state index in [2.05, 4.69) is 10.0 Å². The molecule has 1 aromatic carbocycles. The van der Waals surface area contributed by atoms with E-state index in [1.165, 1.54) is 6.07 Å². The Balaban J connectivity index is 0.00000256. The third-order valence-electron chi connectivity index (χ3n) is 1.85. The van der Waals surface area contributed by atoms with Crippen molar-refractivity contribution in [2.75, 3.05) is 20.1 Å². The maximum Gasteiger partial charge on any atom is 0.243 e. The van der Waals surface area contributed by atoms with Crippen LogP contribution in [0, 0.1) is 5.82 Å². The normalized spacial score (nSPS) is 11.0. The number of likely N-dealkylation sites (N-methyl/N-ethyl adjacent to an activating group) is 1. The standard InChI is InChI=1S/C9H12ClFN2O2S.ClH/c1-12-4-5-13-16(14,15)9-3-2-7(10)6-8(9)11;/h2-3,6,12-13H,4-5H2,1H3;1H. The predicted octanol–water partition coefficient (Wildman–Crippen LogP) is 1.40. The van der Waals surface area contributed by atoms with E-state index >= 15 is 0 Å².